The molecule has 2 nitrogen and oxygen atoms in total. The van der Waals surface area contributed by atoms with Crippen LogP contribution in [0.2, 0.25) is 0 Å². The largest absolute Gasteiger partial charge is 0.380 e. The van der Waals surface area contributed by atoms with Gasteiger partial charge in [-0.2, -0.15) is 0 Å². The van der Waals surface area contributed by atoms with Crippen LogP contribution in [-0.4, -0.2) is 18.3 Å². The zero-order valence-electron chi connectivity index (χ0n) is 7.68. The maximum Gasteiger partial charge on any atom is 0.139 e. The van der Waals surface area contributed by atoms with Crippen LogP contribution in [0.15, 0.2) is 16.6 Å². The zero-order valence-corrected chi connectivity index (χ0v) is 9.27. The minimum Gasteiger partial charge on any atom is -0.380 e. The molecule has 0 aliphatic carbocycles. The van der Waals surface area contributed by atoms with Crippen molar-refractivity contribution in [3.63, 3.8) is 0 Å². The molecule has 1 saturated heterocycles. The average molecular weight is 261 g/mol. The summed E-state index contributed by atoms with van der Waals surface area (Å²) in [7, 11) is 0. The van der Waals surface area contributed by atoms with Gasteiger partial charge in [0, 0.05) is 10.0 Å². The number of aliphatic hydroxyl groups is 1. The SMILES string of the molecule is Cc1cc(C2(O)COC2)c(F)cc1Br. The number of aryl methyl sites for hydroxylation is 1. The molecule has 0 spiro atoms. The Kier molecular flexibility index (Phi) is 2.37. The van der Waals surface area contributed by atoms with Gasteiger partial charge in [0.1, 0.15) is 11.4 Å². The third-order valence-corrected chi connectivity index (χ3v) is 3.29. The Morgan fingerprint density at radius 1 is 1.50 bits per heavy atom. The van der Waals surface area contributed by atoms with Gasteiger partial charge in [-0.15, -0.1) is 0 Å². The Morgan fingerprint density at radius 2 is 2.14 bits per heavy atom. The minimum atomic E-state index is -1.13. The number of hydrogen-bond acceptors (Lipinski definition) is 2. The van der Waals surface area contributed by atoms with Gasteiger partial charge in [0.15, 0.2) is 0 Å². The lowest BCUT2D eigenvalue weighted by atomic mass is 9.90. The molecule has 1 aliphatic rings. The smallest absolute Gasteiger partial charge is 0.139 e. The lowest BCUT2D eigenvalue weighted by Gasteiger charge is -2.37. The molecule has 0 amide bonds. The van der Waals surface area contributed by atoms with Gasteiger partial charge in [0.05, 0.1) is 13.2 Å². The highest BCUT2D eigenvalue weighted by Gasteiger charge is 2.40. The summed E-state index contributed by atoms with van der Waals surface area (Å²) in [5.74, 6) is -0.395. The van der Waals surface area contributed by atoms with Crippen LogP contribution in [0.4, 0.5) is 4.39 Å². The summed E-state index contributed by atoms with van der Waals surface area (Å²) >= 11 is 3.23. The van der Waals surface area contributed by atoms with Crippen molar-refractivity contribution in [3.8, 4) is 0 Å². The number of rotatable bonds is 1. The van der Waals surface area contributed by atoms with E-state index in [0.717, 1.165) is 5.56 Å². The van der Waals surface area contributed by atoms with Crippen molar-refractivity contribution in [3.05, 3.63) is 33.5 Å². The van der Waals surface area contributed by atoms with Gasteiger partial charge in [-0.1, -0.05) is 15.9 Å². The maximum absolute atomic E-state index is 13.5. The summed E-state index contributed by atoms with van der Waals surface area (Å²) in [4.78, 5) is 0. The highest BCUT2D eigenvalue weighted by molar-refractivity contribution is 9.10. The van der Waals surface area contributed by atoms with Crippen molar-refractivity contribution in [2.75, 3.05) is 13.2 Å². The Hall–Kier alpha value is -0.450. The Labute approximate surface area is 89.8 Å². The van der Waals surface area contributed by atoms with Crippen LogP contribution in [-0.2, 0) is 10.3 Å². The molecule has 1 N–H and O–H groups in total. The number of hydrogen-bond donors (Lipinski definition) is 1. The van der Waals surface area contributed by atoms with E-state index >= 15 is 0 Å². The van der Waals surface area contributed by atoms with E-state index in [9.17, 15) is 9.50 Å². The third-order valence-electron chi connectivity index (χ3n) is 2.43. The quantitative estimate of drug-likeness (QED) is 0.839. The van der Waals surface area contributed by atoms with Crippen LogP contribution >= 0.6 is 15.9 Å². The summed E-state index contributed by atoms with van der Waals surface area (Å²) in [5.41, 5.74) is 0.0985. The van der Waals surface area contributed by atoms with E-state index in [1.807, 2.05) is 6.92 Å². The zero-order chi connectivity index (χ0) is 10.3. The van der Waals surface area contributed by atoms with Crippen LogP contribution < -0.4 is 0 Å². The molecule has 0 unspecified atom stereocenters. The molecule has 0 radical (unpaired) electrons. The number of ether oxygens (including phenoxy) is 1. The van der Waals surface area contributed by atoms with E-state index in [-0.39, 0.29) is 13.2 Å². The van der Waals surface area contributed by atoms with Gasteiger partial charge in [-0.3, -0.25) is 0 Å². The van der Waals surface area contributed by atoms with E-state index in [2.05, 4.69) is 15.9 Å². The van der Waals surface area contributed by atoms with Gasteiger partial charge >= 0.3 is 0 Å². The Morgan fingerprint density at radius 3 is 2.64 bits per heavy atom. The summed E-state index contributed by atoms with van der Waals surface area (Å²) in [6, 6.07) is 3.03. The van der Waals surface area contributed by atoms with E-state index in [1.54, 1.807) is 6.07 Å². The fourth-order valence-corrected chi connectivity index (χ4v) is 1.78. The molecule has 1 aromatic carbocycles. The predicted octanol–water partition coefficient (Wildman–Crippen LogP) is 2.11. The van der Waals surface area contributed by atoms with Crippen LogP contribution in [0, 0.1) is 12.7 Å². The van der Waals surface area contributed by atoms with Crippen LogP contribution in [0.1, 0.15) is 11.1 Å². The Balaban J connectivity index is 2.48. The van der Waals surface area contributed by atoms with Crippen molar-refractivity contribution in [1.29, 1.82) is 0 Å². The second kappa shape index (κ2) is 3.29. The van der Waals surface area contributed by atoms with Gasteiger partial charge in [-0.25, -0.2) is 4.39 Å². The van der Waals surface area contributed by atoms with Crippen LogP contribution in [0.25, 0.3) is 0 Å². The van der Waals surface area contributed by atoms with Crippen molar-refractivity contribution < 1.29 is 14.2 Å². The topological polar surface area (TPSA) is 29.5 Å². The van der Waals surface area contributed by atoms with E-state index in [0.29, 0.717) is 10.0 Å². The molecule has 1 aliphatic heterocycles. The molecule has 0 bridgehead atoms. The second-order valence-electron chi connectivity index (χ2n) is 3.61. The monoisotopic (exact) mass is 260 g/mol. The van der Waals surface area contributed by atoms with Crippen molar-refractivity contribution in [1.82, 2.24) is 0 Å². The molecule has 4 heteroatoms. The standard InChI is InChI=1S/C10H10BrFO2/c1-6-2-7(9(12)3-8(6)11)10(13)4-14-5-10/h2-3,13H,4-5H2,1H3. The second-order valence-corrected chi connectivity index (χ2v) is 4.46. The molecule has 14 heavy (non-hydrogen) atoms. The summed E-state index contributed by atoms with van der Waals surface area (Å²) in [6.07, 6.45) is 0. The number of benzene rings is 1. The first-order chi connectivity index (χ1) is 6.53. The molecule has 1 heterocycles. The highest BCUT2D eigenvalue weighted by Crippen LogP contribution is 2.33. The third kappa shape index (κ3) is 1.47. The molecule has 2 rings (SSSR count). The van der Waals surface area contributed by atoms with E-state index in [4.69, 9.17) is 4.74 Å². The fourth-order valence-electron chi connectivity index (χ4n) is 1.46. The maximum atomic E-state index is 13.5. The molecule has 76 valence electrons. The lowest BCUT2D eigenvalue weighted by Crippen LogP contribution is -2.47. The molecule has 0 saturated carbocycles. The average Bonchev–Trinajstić information content (AvgIpc) is 2.07. The van der Waals surface area contributed by atoms with E-state index < -0.39 is 11.4 Å². The normalized spacial score (nSPS) is 19.1. The van der Waals surface area contributed by atoms with Crippen molar-refractivity contribution in [2.24, 2.45) is 0 Å². The summed E-state index contributed by atoms with van der Waals surface area (Å²) in [6.45, 7) is 2.20. The first kappa shape index (κ1) is 10.1. The molecular weight excluding hydrogens is 251 g/mol. The Bertz CT molecular complexity index is 375. The van der Waals surface area contributed by atoms with Crippen LogP contribution in [0.5, 0.6) is 0 Å². The predicted molar refractivity (Wildman–Crippen MR) is 53.6 cm³/mol. The number of halogens is 2. The minimum absolute atomic E-state index is 0.172. The summed E-state index contributed by atoms with van der Waals surface area (Å²) in [5, 5.41) is 9.90. The van der Waals surface area contributed by atoms with Gasteiger partial charge in [0.2, 0.25) is 0 Å². The van der Waals surface area contributed by atoms with Gasteiger partial charge < -0.3 is 9.84 Å². The lowest BCUT2D eigenvalue weighted by molar-refractivity contribution is -0.186. The fraction of sp³-hybridized carbons (Fsp3) is 0.400. The molecular formula is C10H10BrFO2. The molecule has 0 aromatic heterocycles. The molecule has 1 aromatic rings. The van der Waals surface area contributed by atoms with Crippen LogP contribution in [0.3, 0.4) is 0 Å². The molecule has 0 atom stereocenters. The van der Waals surface area contributed by atoms with Crippen molar-refractivity contribution >= 4 is 15.9 Å². The van der Waals surface area contributed by atoms with Crippen molar-refractivity contribution in [2.45, 2.75) is 12.5 Å². The van der Waals surface area contributed by atoms with Gasteiger partial charge in [-0.05, 0) is 24.6 Å². The first-order valence-electron chi connectivity index (χ1n) is 4.29. The summed E-state index contributed by atoms with van der Waals surface area (Å²) < 4.78 is 19.1. The van der Waals surface area contributed by atoms with Gasteiger partial charge in [0.25, 0.3) is 0 Å². The van der Waals surface area contributed by atoms with E-state index in [1.165, 1.54) is 6.07 Å². The first-order valence-corrected chi connectivity index (χ1v) is 5.08. The highest BCUT2D eigenvalue weighted by atomic mass is 79.9. The molecule has 1 fully saturated rings.